The first-order valence-electron chi connectivity index (χ1n) is 4.52. The van der Waals surface area contributed by atoms with E-state index in [0.29, 0.717) is 0 Å². The van der Waals surface area contributed by atoms with Gasteiger partial charge in [-0.15, -0.1) is 0 Å². The van der Waals surface area contributed by atoms with Crippen molar-refractivity contribution in [2.24, 2.45) is 0 Å². The van der Waals surface area contributed by atoms with Gasteiger partial charge < -0.3 is 15.8 Å². The van der Waals surface area contributed by atoms with E-state index < -0.39 is 0 Å². The van der Waals surface area contributed by atoms with E-state index in [0.717, 1.165) is 34.5 Å². The van der Waals surface area contributed by atoms with Gasteiger partial charge >= 0.3 is 0 Å². The summed E-state index contributed by atoms with van der Waals surface area (Å²) in [7, 11) is 1.71. The Hall–Kier alpha value is -0.490. The molecule has 0 atom stereocenters. The van der Waals surface area contributed by atoms with Crippen LogP contribution in [0, 0.1) is 3.57 Å². The van der Waals surface area contributed by atoms with Gasteiger partial charge in [-0.1, -0.05) is 0 Å². The summed E-state index contributed by atoms with van der Waals surface area (Å²) < 4.78 is 6.11. The van der Waals surface area contributed by atoms with Gasteiger partial charge in [0.1, 0.15) is 0 Å². The van der Waals surface area contributed by atoms with E-state index in [1.54, 1.807) is 7.11 Å². The summed E-state index contributed by atoms with van der Waals surface area (Å²) in [5.41, 5.74) is 7.64. The fourth-order valence-corrected chi connectivity index (χ4v) is 1.65. The van der Waals surface area contributed by atoms with Crippen LogP contribution in [0.4, 0.5) is 11.4 Å². The van der Waals surface area contributed by atoms with E-state index in [4.69, 9.17) is 10.5 Å². The minimum absolute atomic E-state index is 0.775. The first-order valence-corrected chi connectivity index (χ1v) is 5.59. The predicted molar refractivity (Wildman–Crippen MR) is 68.6 cm³/mol. The van der Waals surface area contributed by atoms with Crippen LogP contribution in [0.2, 0.25) is 0 Å². The molecule has 0 spiro atoms. The van der Waals surface area contributed by atoms with Crippen LogP contribution in [0.1, 0.15) is 6.42 Å². The van der Waals surface area contributed by atoms with Gasteiger partial charge in [0.05, 0.1) is 11.4 Å². The molecule has 0 saturated heterocycles. The van der Waals surface area contributed by atoms with Crippen LogP contribution in [0.15, 0.2) is 18.2 Å². The van der Waals surface area contributed by atoms with Gasteiger partial charge in [0.25, 0.3) is 0 Å². The van der Waals surface area contributed by atoms with E-state index in [1.165, 1.54) is 0 Å². The van der Waals surface area contributed by atoms with E-state index >= 15 is 0 Å². The Morgan fingerprint density at radius 1 is 1.50 bits per heavy atom. The summed E-state index contributed by atoms with van der Waals surface area (Å²) in [6.45, 7) is 1.66. The third-order valence-corrected chi connectivity index (χ3v) is 2.53. The first kappa shape index (κ1) is 11.6. The van der Waals surface area contributed by atoms with Crippen molar-refractivity contribution in [2.75, 3.05) is 31.3 Å². The van der Waals surface area contributed by atoms with Crippen LogP contribution in [-0.4, -0.2) is 20.3 Å². The smallest absolute Gasteiger partial charge is 0.0574 e. The average Bonchev–Trinajstić information content (AvgIpc) is 2.15. The summed E-state index contributed by atoms with van der Waals surface area (Å²) >= 11 is 2.25. The molecule has 1 rings (SSSR count). The zero-order chi connectivity index (χ0) is 10.4. The van der Waals surface area contributed by atoms with Gasteiger partial charge in [0.2, 0.25) is 0 Å². The summed E-state index contributed by atoms with van der Waals surface area (Å²) in [4.78, 5) is 0. The second-order valence-corrected chi connectivity index (χ2v) is 4.25. The number of nitrogens with one attached hydrogen (secondary N) is 1. The highest BCUT2D eigenvalue weighted by Crippen LogP contribution is 2.20. The average molecular weight is 306 g/mol. The topological polar surface area (TPSA) is 47.3 Å². The molecule has 4 heteroatoms. The lowest BCUT2D eigenvalue weighted by atomic mass is 10.2. The fourth-order valence-electron chi connectivity index (χ4n) is 1.13. The number of methoxy groups -OCH3 is 1. The normalized spacial score (nSPS) is 10.1. The number of nitrogens with two attached hydrogens (primary N) is 1. The van der Waals surface area contributed by atoms with Crippen LogP contribution in [0.5, 0.6) is 0 Å². The summed E-state index contributed by atoms with van der Waals surface area (Å²) in [6.07, 6.45) is 0.988. The Bertz CT molecular complexity index is 291. The second kappa shape index (κ2) is 6.08. The third kappa shape index (κ3) is 3.71. The Labute approximate surface area is 98.2 Å². The molecular formula is C10H15IN2O. The van der Waals surface area contributed by atoms with Crippen molar-refractivity contribution in [3.05, 3.63) is 21.8 Å². The number of hydrogen-bond acceptors (Lipinski definition) is 3. The molecule has 0 fully saturated rings. The monoisotopic (exact) mass is 306 g/mol. The standard InChI is InChI=1S/C10H15IN2O/c1-14-6-2-5-13-10-4-3-8(11)7-9(10)12/h3-4,7,13H,2,5-6,12H2,1H3. The maximum absolute atomic E-state index is 5.84. The lowest BCUT2D eigenvalue weighted by Crippen LogP contribution is -2.06. The van der Waals surface area contributed by atoms with Crippen molar-refractivity contribution in [3.63, 3.8) is 0 Å². The maximum atomic E-state index is 5.84. The maximum Gasteiger partial charge on any atom is 0.0574 e. The van der Waals surface area contributed by atoms with Crippen molar-refractivity contribution >= 4 is 34.0 Å². The van der Waals surface area contributed by atoms with Crippen molar-refractivity contribution in [1.29, 1.82) is 0 Å². The Kier molecular flexibility index (Phi) is 5.03. The van der Waals surface area contributed by atoms with Crippen LogP contribution in [-0.2, 0) is 4.74 Å². The molecule has 1 aromatic rings. The SMILES string of the molecule is COCCCNc1ccc(I)cc1N. The quantitative estimate of drug-likeness (QED) is 0.498. The van der Waals surface area contributed by atoms with E-state index in [-0.39, 0.29) is 0 Å². The van der Waals surface area contributed by atoms with Crippen LogP contribution in [0.3, 0.4) is 0 Å². The van der Waals surface area contributed by atoms with Gasteiger partial charge in [-0.05, 0) is 47.2 Å². The minimum atomic E-state index is 0.775. The fraction of sp³-hybridized carbons (Fsp3) is 0.400. The van der Waals surface area contributed by atoms with Crippen LogP contribution in [0.25, 0.3) is 0 Å². The summed E-state index contributed by atoms with van der Waals surface area (Å²) in [5.74, 6) is 0. The van der Waals surface area contributed by atoms with Crippen molar-refractivity contribution in [3.8, 4) is 0 Å². The van der Waals surface area contributed by atoms with Crippen molar-refractivity contribution in [1.82, 2.24) is 0 Å². The molecular weight excluding hydrogens is 291 g/mol. The number of ether oxygens (including phenoxy) is 1. The highest BCUT2D eigenvalue weighted by molar-refractivity contribution is 14.1. The molecule has 14 heavy (non-hydrogen) atoms. The summed E-state index contributed by atoms with van der Waals surface area (Å²) in [5, 5.41) is 3.27. The molecule has 0 aliphatic carbocycles. The number of rotatable bonds is 5. The highest BCUT2D eigenvalue weighted by atomic mass is 127. The highest BCUT2D eigenvalue weighted by Gasteiger charge is 1.97. The molecule has 0 unspecified atom stereocenters. The molecule has 0 aliphatic rings. The molecule has 3 N–H and O–H groups in total. The first-order chi connectivity index (χ1) is 6.74. The predicted octanol–water partition coefficient (Wildman–Crippen LogP) is 2.32. The lowest BCUT2D eigenvalue weighted by molar-refractivity contribution is 0.198. The molecule has 0 heterocycles. The zero-order valence-corrected chi connectivity index (χ0v) is 10.4. The molecule has 78 valence electrons. The number of nitrogen functional groups attached to an aromatic ring is 1. The van der Waals surface area contributed by atoms with E-state index in [1.807, 2.05) is 18.2 Å². The Balaban J connectivity index is 2.42. The van der Waals surface area contributed by atoms with Crippen molar-refractivity contribution < 1.29 is 4.74 Å². The third-order valence-electron chi connectivity index (χ3n) is 1.85. The lowest BCUT2D eigenvalue weighted by Gasteiger charge is -2.08. The van der Waals surface area contributed by atoms with Gasteiger partial charge in [-0.25, -0.2) is 0 Å². The molecule has 0 radical (unpaired) electrons. The van der Waals surface area contributed by atoms with Gasteiger partial charge in [0.15, 0.2) is 0 Å². The molecule has 0 aliphatic heterocycles. The summed E-state index contributed by atoms with van der Waals surface area (Å²) in [6, 6.07) is 6.00. The molecule has 0 amide bonds. The van der Waals surface area contributed by atoms with Crippen LogP contribution < -0.4 is 11.1 Å². The molecule has 0 bridgehead atoms. The van der Waals surface area contributed by atoms with E-state index in [2.05, 4.69) is 27.9 Å². The molecule has 3 nitrogen and oxygen atoms in total. The number of benzene rings is 1. The molecule has 0 aromatic heterocycles. The Morgan fingerprint density at radius 2 is 2.29 bits per heavy atom. The molecule has 1 aromatic carbocycles. The van der Waals surface area contributed by atoms with Crippen LogP contribution >= 0.6 is 22.6 Å². The van der Waals surface area contributed by atoms with Gasteiger partial charge in [-0.3, -0.25) is 0 Å². The Morgan fingerprint density at radius 3 is 2.93 bits per heavy atom. The number of anilines is 2. The minimum Gasteiger partial charge on any atom is -0.397 e. The van der Waals surface area contributed by atoms with Crippen molar-refractivity contribution in [2.45, 2.75) is 6.42 Å². The molecule has 0 saturated carbocycles. The number of halogens is 1. The van der Waals surface area contributed by atoms with E-state index in [9.17, 15) is 0 Å². The zero-order valence-electron chi connectivity index (χ0n) is 8.22. The second-order valence-electron chi connectivity index (χ2n) is 3.00. The van der Waals surface area contributed by atoms with Gasteiger partial charge in [0, 0.05) is 23.8 Å². The number of hydrogen-bond donors (Lipinski definition) is 2. The van der Waals surface area contributed by atoms with Gasteiger partial charge in [-0.2, -0.15) is 0 Å². The largest absolute Gasteiger partial charge is 0.397 e.